The molecule has 8 heteroatoms. The number of aromatic nitrogens is 2. The van der Waals surface area contributed by atoms with Crippen LogP contribution in [-0.4, -0.2) is 35.1 Å². The minimum atomic E-state index is -0.152. The molecule has 1 saturated heterocycles. The maximum Gasteiger partial charge on any atom is 0.262 e. The Labute approximate surface area is 168 Å². The summed E-state index contributed by atoms with van der Waals surface area (Å²) in [6, 6.07) is 4.03. The Balaban J connectivity index is 1.30. The molecular weight excluding hydrogens is 374 g/mol. The molecule has 1 spiro atoms. The number of carbonyl (C=O) groups excluding carboxylic acids is 1. The number of nitrogens with zero attached hydrogens (tertiary/aromatic N) is 2. The van der Waals surface area contributed by atoms with E-state index in [4.69, 9.17) is 4.74 Å². The lowest BCUT2D eigenvalue weighted by atomic mass is 9.78. The van der Waals surface area contributed by atoms with Crippen molar-refractivity contribution in [3.63, 3.8) is 0 Å². The highest BCUT2D eigenvalue weighted by molar-refractivity contribution is 7.18. The first kappa shape index (κ1) is 17.9. The van der Waals surface area contributed by atoms with Crippen LogP contribution in [0.25, 0.3) is 0 Å². The number of hydrogen-bond donors (Lipinski definition) is 3. The molecular formula is C20H25N5O2S. The summed E-state index contributed by atoms with van der Waals surface area (Å²) in [6.07, 6.45) is 9.70. The van der Waals surface area contributed by atoms with Gasteiger partial charge >= 0.3 is 0 Å². The van der Waals surface area contributed by atoms with Gasteiger partial charge in [0, 0.05) is 24.8 Å². The van der Waals surface area contributed by atoms with Crippen molar-refractivity contribution >= 4 is 33.9 Å². The summed E-state index contributed by atoms with van der Waals surface area (Å²) in [6.45, 7) is 1.60. The molecule has 2 aliphatic heterocycles. The Morgan fingerprint density at radius 1 is 1.18 bits per heavy atom. The minimum Gasteiger partial charge on any atom is -0.376 e. The van der Waals surface area contributed by atoms with E-state index in [1.165, 1.54) is 30.6 Å². The van der Waals surface area contributed by atoms with Crippen molar-refractivity contribution in [1.82, 2.24) is 15.3 Å². The minimum absolute atomic E-state index is 0.0663. The summed E-state index contributed by atoms with van der Waals surface area (Å²) in [5, 5.41) is 10.9. The molecule has 3 N–H and O–H groups in total. The molecule has 1 amide bonds. The van der Waals surface area contributed by atoms with Crippen LogP contribution < -0.4 is 16.0 Å². The van der Waals surface area contributed by atoms with Gasteiger partial charge in [-0.25, -0.2) is 9.97 Å². The van der Waals surface area contributed by atoms with Gasteiger partial charge in [0.15, 0.2) is 0 Å². The van der Waals surface area contributed by atoms with E-state index < -0.39 is 0 Å². The number of nitrogens with one attached hydrogen (secondary N) is 3. The third kappa shape index (κ3) is 3.35. The van der Waals surface area contributed by atoms with E-state index in [1.807, 2.05) is 6.07 Å². The second-order valence-electron chi connectivity index (χ2n) is 7.88. The van der Waals surface area contributed by atoms with Crippen LogP contribution in [0, 0.1) is 0 Å². The molecule has 0 radical (unpaired) electrons. The molecule has 1 aliphatic carbocycles. The summed E-state index contributed by atoms with van der Waals surface area (Å²) in [5.74, 6) is 1.57. The second-order valence-corrected chi connectivity index (χ2v) is 8.93. The second kappa shape index (κ2) is 7.33. The van der Waals surface area contributed by atoms with E-state index in [0.29, 0.717) is 0 Å². The first-order valence-corrected chi connectivity index (χ1v) is 10.9. The number of hydrogen-bond acceptors (Lipinski definition) is 7. The van der Waals surface area contributed by atoms with Crippen LogP contribution >= 0.6 is 11.3 Å². The number of rotatable bonds is 5. The van der Waals surface area contributed by atoms with Crippen molar-refractivity contribution in [1.29, 1.82) is 0 Å². The Hall–Kier alpha value is -2.19. The fourth-order valence-electron chi connectivity index (χ4n) is 4.54. The molecule has 4 heterocycles. The molecule has 0 aromatic carbocycles. The molecule has 2 aromatic rings. The highest BCUT2D eigenvalue weighted by atomic mass is 32.1. The third-order valence-corrected chi connectivity index (χ3v) is 7.02. The SMILES string of the molecule is O=C1NC2(CCCCC2)c2cc(Nc3cc(NCC4CCCO4)ncn3)sc21. The van der Waals surface area contributed by atoms with Gasteiger partial charge in [0.1, 0.15) is 18.0 Å². The van der Waals surface area contributed by atoms with Gasteiger partial charge in [0.05, 0.1) is 21.5 Å². The summed E-state index contributed by atoms with van der Waals surface area (Å²) in [5.41, 5.74) is 1.01. The van der Waals surface area contributed by atoms with Crippen molar-refractivity contribution in [3.8, 4) is 0 Å². The van der Waals surface area contributed by atoms with Gasteiger partial charge in [-0.15, -0.1) is 11.3 Å². The smallest absolute Gasteiger partial charge is 0.262 e. The first-order chi connectivity index (χ1) is 13.7. The number of anilines is 3. The standard InChI is InChI=1S/C20H25N5O2S/c26-19-18-14(20(25-19)6-2-1-3-7-20)9-17(28-18)24-16-10-15(22-12-23-16)21-11-13-5-4-8-27-13/h9-10,12-13H,1-8,11H2,(H,25,26)(H2,21,22,23,24). The molecule has 1 unspecified atom stereocenters. The molecule has 28 heavy (non-hydrogen) atoms. The average Bonchev–Trinajstić information content (AvgIpc) is 3.41. The van der Waals surface area contributed by atoms with Crippen molar-refractivity contribution in [3.05, 3.63) is 28.9 Å². The lowest BCUT2D eigenvalue weighted by Crippen LogP contribution is -2.40. The molecule has 2 fully saturated rings. The van der Waals surface area contributed by atoms with Crippen molar-refractivity contribution < 1.29 is 9.53 Å². The Bertz CT molecular complexity index is 871. The normalized spacial score (nSPS) is 22.9. The summed E-state index contributed by atoms with van der Waals surface area (Å²) in [7, 11) is 0. The maximum absolute atomic E-state index is 12.5. The third-order valence-electron chi connectivity index (χ3n) is 5.97. The largest absolute Gasteiger partial charge is 0.376 e. The van der Waals surface area contributed by atoms with Gasteiger partial charge < -0.3 is 20.7 Å². The van der Waals surface area contributed by atoms with E-state index in [0.717, 1.165) is 65.9 Å². The van der Waals surface area contributed by atoms with E-state index in [2.05, 4.69) is 32.0 Å². The van der Waals surface area contributed by atoms with Crippen LogP contribution in [0.15, 0.2) is 18.5 Å². The van der Waals surface area contributed by atoms with E-state index in [9.17, 15) is 4.79 Å². The zero-order valence-corrected chi connectivity index (χ0v) is 16.6. The monoisotopic (exact) mass is 399 g/mol. The number of fused-ring (bicyclic) bond motifs is 2. The Morgan fingerprint density at radius 3 is 2.86 bits per heavy atom. The molecule has 0 bridgehead atoms. The first-order valence-electron chi connectivity index (χ1n) is 10.1. The highest BCUT2D eigenvalue weighted by Gasteiger charge is 2.44. The molecule has 7 nitrogen and oxygen atoms in total. The quantitative estimate of drug-likeness (QED) is 0.709. The molecule has 3 aliphatic rings. The van der Waals surface area contributed by atoms with Crippen LogP contribution in [-0.2, 0) is 10.3 Å². The predicted molar refractivity (Wildman–Crippen MR) is 109 cm³/mol. The summed E-state index contributed by atoms with van der Waals surface area (Å²) < 4.78 is 5.64. The van der Waals surface area contributed by atoms with Gasteiger partial charge in [-0.3, -0.25) is 4.79 Å². The van der Waals surface area contributed by atoms with Crippen molar-refractivity contribution in [2.75, 3.05) is 23.8 Å². The number of thiophene rings is 1. The summed E-state index contributed by atoms with van der Waals surface area (Å²) >= 11 is 1.51. The fourth-order valence-corrected chi connectivity index (χ4v) is 5.60. The maximum atomic E-state index is 12.5. The van der Waals surface area contributed by atoms with Gasteiger partial charge in [0.25, 0.3) is 5.91 Å². The van der Waals surface area contributed by atoms with Crippen LogP contribution in [0.5, 0.6) is 0 Å². The zero-order chi connectivity index (χ0) is 19.0. The molecule has 1 atom stereocenters. The number of amides is 1. The van der Waals surface area contributed by atoms with E-state index >= 15 is 0 Å². The lowest BCUT2D eigenvalue weighted by molar-refractivity contribution is 0.0912. The van der Waals surface area contributed by atoms with Gasteiger partial charge in [0.2, 0.25) is 0 Å². The van der Waals surface area contributed by atoms with Crippen LogP contribution in [0.4, 0.5) is 16.6 Å². The van der Waals surface area contributed by atoms with Gasteiger partial charge in [-0.05, 0) is 31.7 Å². The van der Waals surface area contributed by atoms with Gasteiger partial charge in [-0.2, -0.15) is 0 Å². The molecule has 1 saturated carbocycles. The Kier molecular flexibility index (Phi) is 4.68. The zero-order valence-electron chi connectivity index (χ0n) is 15.8. The Morgan fingerprint density at radius 2 is 2.04 bits per heavy atom. The van der Waals surface area contributed by atoms with Crippen molar-refractivity contribution in [2.24, 2.45) is 0 Å². The topological polar surface area (TPSA) is 88.2 Å². The van der Waals surface area contributed by atoms with Crippen molar-refractivity contribution in [2.45, 2.75) is 56.6 Å². The van der Waals surface area contributed by atoms with Crippen LogP contribution in [0.3, 0.4) is 0 Å². The molecule has 148 valence electrons. The van der Waals surface area contributed by atoms with Crippen LogP contribution in [0.2, 0.25) is 0 Å². The molecule has 2 aromatic heterocycles. The number of ether oxygens (including phenoxy) is 1. The predicted octanol–water partition coefficient (Wildman–Crippen LogP) is 3.78. The van der Waals surface area contributed by atoms with E-state index in [-0.39, 0.29) is 17.6 Å². The fraction of sp³-hybridized carbons (Fsp3) is 0.550. The average molecular weight is 400 g/mol. The molecule has 5 rings (SSSR count). The van der Waals surface area contributed by atoms with Crippen LogP contribution in [0.1, 0.15) is 60.2 Å². The summed E-state index contributed by atoms with van der Waals surface area (Å²) in [4.78, 5) is 22.0. The van der Waals surface area contributed by atoms with Gasteiger partial charge in [-0.1, -0.05) is 19.3 Å². The lowest BCUT2D eigenvalue weighted by Gasteiger charge is -2.33. The highest BCUT2D eigenvalue weighted by Crippen LogP contribution is 2.47. The number of carbonyl (C=O) groups is 1. The van der Waals surface area contributed by atoms with E-state index in [1.54, 1.807) is 6.33 Å².